The number of halogens is 1. The molecule has 7 heteroatoms. The lowest BCUT2D eigenvalue weighted by Crippen LogP contribution is -2.42. The van der Waals surface area contributed by atoms with Crippen molar-refractivity contribution in [2.24, 2.45) is 0 Å². The zero-order valence-corrected chi connectivity index (χ0v) is 13.7. The first kappa shape index (κ1) is 15.4. The molecule has 0 aliphatic carbocycles. The average molecular weight is 338 g/mol. The lowest BCUT2D eigenvalue weighted by atomic mass is 9.99. The Morgan fingerprint density at radius 2 is 2.23 bits per heavy atom. The van der Waals surface area contributed by atoms with E-state index in [0.717, 1.165) is 31.0 Å². The molecule has 5 nitrogen and oxygen atoms in total. The van der Waals surface area contributed by atoms with Crippen LogP contribution in [-0.2, 0) is 29.1 Å². The minimum atomic E-state index is -0.293. The van der Waals surface area contributed by atoms with Gasteiger partial charge < -0.3 is 4.74 Å². The van der Waals surface area contributed by atoms with Gasteiger partial charge in [-0.05, 0) is 24.5 Å². The molecule has 0 radical (unpaired) electrons. The highest BCUT2D eigenvalue weighted by molar-refractivity contribution is 7.10. The highest BCUT2D eigenvalue weighted by Crippen LogP contribution is 2.21. The Kier molecular flexibility index (Phi) is 4.71. The normalized spacial score (nSPS) is 16.1. The van der Waals surface area contributed by atoms with Gasteiger partial charge in [0.1, 0.15) is 22.7 Å². The fourth-order valence-electron chi connectivity index (χ4n) is 2.54. The van der Waals surface area contributed by atoms with Crippen LogP contribution in [0.1, 0.15) is 23.7 Å². The van der Waals surface area contributed by atoms with Crippen molar-refractivity contribution in [3.8, 4) is 0 Å². The van der Waals surface area contributed by atoms with Crippen LogP contribution in [0.4, 0.5) is 0 Å². The number of ether oxygens (including phenoxy) is 1. The molecular formula is C15H16ClN3O2S. The van der Waals surface area contributed by atoms with Crippen LogP contribution < -0.4 is 0 Å². The number of fused-ring (bicyclic) bond motifs is 1. The fourth-order valence-corrected chi connectivity index (χ4v) is 3.14. The lowest BCUT2D eigenvalue weighted by molar-refractivity contribution is -0.151. The number of hydrogen-bond acceptors (Lipinski definition) is 6. The zero-order chi connectivity index (χ0) is 15.5. The molecule has 0 bridgehead atoms. The number of aromatic nitrogens is 2. The molecule has 2 aromatic rings. The summed E-state index contributed by atoms with van der Waals surface area (Å²) in [6.45, 7) is 3.57. The van der Waals surface area contributed by atoms with Crippen molar-refractivity contribution in [3.63, 3.8) is 0 Å². The third-order valence-electron chi connectivity index (χ3n) is 3.91. The van der Waals surface area contributed by atoms with E-state index in [4.69, 9.17) is 16.3 Å². The molecule has 116 valence electrons. The first-order valence-corrected chi connectivity index (χ1v) is 8.24. The van der Waals surface area contributed by atoms with Crippen molar-refractivity contribution >= 4 is 29.1 Å². The van der Waals surface area contributed by atoms with Gasteiger partial charge in [-0.1, -0.05) is 40.4 Å². The fraction of sp³-hybridized carbons (Fsp3) is 0.400. The molecule has 1 aromatic carbocycles. The second kappa shape index (κ2) is 6.73. The predicted molar refractivity (Wildman–Crippen MR) is 84.7 cm³/mol. The Labute approximate surface area is 138 Å². The maximum atomic E-state index is 12.2. The van der Waals surface area contributed by atoms with Crippen molar-refractivity contribution in [1.82, 2.24) is 14.5 Å². The summed E-state index contributed by atoms with van der Waals surface area (Å²) in [4.78, 5) is 14.3. The number of nitrogens with zero attached hydrogens (tertiary/aromatic N) is 3. The summed E-state index contributed by atoms with van der Waals surface area (Å²) in [6.07, 6.45) is 0.954. The van der Waals surface area contributed by atoms with Gasteiger partial charge in [0.15, 0.2) is 0 Å². The van der Waals surface area contributed by atoms with Gasteiger partial charge in [0, 0.05) is 24.6 Å². The van der Waals surface area contributed by atoms with Crippen LogP contribution in [0, 0.1) is 0 Å². The summed E-state index contributed by atoms with van der Waals surface area (Å²) in [5.74, 6) is -0.261. The highest BCUT2D eigenvalue weighted by Gasteiger charge is 2.26. The molecule has 0 saturated heterocycles. The lowest BCUT2D eigenvalue weighted by Gasteiger charge is -2.32. The Morgan fingerprint density at radius 1 is 1.45 bits per heavy atom. The molecule has 0 amide bonds. The van der Waals surface area contributed by atoms with Crippen LogP contribution in [0.2, 0.25) is 4.34 Å². The maximum absolute atomic E-state index is 12.2. The van der Waals surface area contributed by atoms with Crippen molar-refractivity contribution in [1.29, 1.82) is 0 Å². The zero-order valence-electron chi connectivity index (χ0n) is 12.2. The first-order chi connectivity index (χ1) is 10.6. The second-order valence-corrected chi connectivity index (χ2v) is 6.62. The van der Waals surface area contributed by atoms with E-state index < -0.39 is 0 Å². The minimum absolute atomic E-state index is 0.0724. The Balaban J connectivity index is 1.58. The molecule has 2 heterocycles. The number of benzene rings is 1. The number of rotatable bonds is 4. The molecule has 0 saturated carbocycles. The summed E-state index contributed by atoms with van der Waals surface area (Å²) in [5, 5.41) is 3.84. The van der Waals surface area contributed by atoms with E-state index in [-0.39, 0.29) is 18.6 Å². The third-order valence-corrected chi connectivity index (χ3v) is 4.89. The van der Waals surface area contributed by atoms with Gasteiger partial charge in [-0.3, -0.25) is 9.69 Å². The second-order valence-electron chi connectivity index (χ2n) is 5.27. The summed E-state index contributed by atoms with van der Waals surface area (Å²) in [5.41, 5.74) is 3.15. The maximum Gasteiger partial charge on any atom is 0.323 e. The van der Waals surface area contributed by atoms with Gasteiger partial charge in [-0.25, -0.2) is 0 Å². The Bertz CT molecular complexity index is 676. The number of carbonyl (C=O) groups excluding carboxylic acids is 1. The van der Waals surface area contributed by atoms with Gasteiger partial charge in [0.2, 0.25) is 0 Å². The van der Waals surface area contributed by atoms with Crippen molar-refractivity contribution in [3.05, 3.63) is 45.4 Å². The van der Waals surface area contributed by atoms with Crippen molar-refractivity contribution in [2.45, 2.75) is 32.5 Å². The van der Waals surface area contributed by atoms with Crippen LogP contribution in [0.25, 0.3) is 0 Å². The molecule has 1 atom stereocenters. The van der Waals surface area contributed by atoms with E-state index in [0.29, 0.717) is 10.0 Å². The highest BCUT2D eigenvalue weighted by atomic mass is 35.5. The van der Waals surface area contributed by atoms with E-state index in [9.17, 15) is 4.79 Å². The van der Waals surface area contributed by atoms with Crippen molar-refractivity contribution < 1.29 is 9.53 Å². The SMILES string of the molecule is C[C@H](C(=O)OCc1nnsc1Cl)N1CCc2ccccc2C1. The molecule has 1 aromatic heterocycles. The van der Waals surface area contributed by atoms with Gasteiger partial charge in [0.05, 0.1) is 0 Å². The quantitative estimate of drug-likeness (QED) is 0.803. The molecule has 22 heavy (non-hydrogen) atoms. The smallest absolute Gasteiger partial charge is 0.323 e. The molecule has 0 N–H and O–H groups in total. The molecule has 1 aliphatic heterocycles. The van der Waals surface area contributed by atoms with Crippen LogP contribution in [-0.4, -0.2) is 33.0 Å². The predicted octanol–water partition coefficient (Wildman–Crippen LogP) is 2.68. The average Bonchev–Trinajstić information content (AvgIpc) is 2.96. The number of esters is 1. The van der Waals surface area contributed by atoms with E-state index in [1.807, 2.05) is 13.0 Å². The molecular weight excluding hydrogens is 322 g/mol. The third kappa shape index (κ3) is 3.29. The van der Waals surface area contributed by atoms with Gasteiger partial charge in [-0.2, -0.15) is 0 Å². The largest absolute Gasteiger partial charge is 0.458 e. The van der Waals surface area contributed by atoms with Crippen LogP contribution in [0.3, 0.4) is 0 Å². The van der Waals surface area contributed by atoms with Gasteiger partial charge in [-0.15, -0.1) is 5.10 Å². The van der Waals surface area contributed by atoms with E-state index >= 15 is 0 Å². The summed E-state index contributed by atoms with van der Waals surface area (Å²) < 4.78 is 9.49. The standard InChI is InChI=1S/C15H16ClN3O2S/c1-10(15(20)21-9-13-14(16)22-18-17-13)19-7-6-11-4-2-3-5-12(11)8-19/h2-5,10H,6-9H2,1H3/t10-/m1/s1. The molecule has 0 fully saturated rings. The minimum Gasteiger partial charge on any atom is -0.458 e. The van der Waals surface area contributed by atoms with E-state index in [1.54, 1.807) is 0 Å². The van der Waals surface area contributed by atoms with E-state index in [1.165, 1.54) is 11.1 Å². The summed E-state index contributed by atoms with van der Waals surface area (Å²) in [6, 6.07) is 8.05. The topological polar surface area (TPSA) is 55.3 Å². The number of hydrogen-bond donors (Lipinski definition) is 0. The number of carbonyl (C=O) groups is 1. The molecule has 0 spiro atoms. The Morgan fingerprint density at radius 3 is 2.95 bits per heavy atom. The van der Waals surface area contributed by atoms with Crippen LogP contribution >= 0.6 is 23.1 Å². The Hall–Kier alpha value is -1.50. The van der Waals surface area contributed by atoms with Gasteiger partial charge >= 0.3 is 5.97 Å². The monoisotopic (exact) mass is 337 g/mol. The van der Waals surface area contributed by atoms with Crippen molar-refractivity contribution in [2.75, 3.05) is 6.54 Å². The molecule has 1 aliphatic rings. The summed E-state index contributed by atoms with van der Waals surface area (Å²) >= 11 is 6.99. The summed E-state index contributed by atoms with van der Waals surface area (Å²) in [7, 11) is 0. The van der Waals surface area contributed by atoms with Crippen LogP contribution in [0.5, 0.6) is 0 Å². The van der Waals surface area contributed by atoms with Crippen LogP contribution in [0.15, 0.2) is 24.3 Å². The molecule has 0 unspecified atom stereocenters. The van der Waals surface area contributed by atoms with E-state index in [2.05, 4.69) is 32.7 Å². The molecule has 3 rings (SSSR count). The first-order valence-electron chi connectivity index (χ1n) is 7.09. The van der Waals surface area contributed by atoms with Gasteiger partial charge in [0.25, 0.3) is 0 Å².